The van der Waals surface area contributed by atoms with Gasteiger partial charge in [0.15, 0.2) is 11.6 Å². The third-order valence-electron chi connectivity index (χ3n) is 4.12. The molecule has 0 bridgehead atoms. The van der Waals surface area contributed by atoms with Gasteiger partial charge in [-0.3, -0.25) is 9.69 Å². The summed E-state index contributed by atoms with van der Waals surface area (Å²) in [6.07, 6.45) is 1.43. The van der Waals surface area contributed by atoms with Crippen molar-refractivity contribution in [3.8, 4) is 5.75 Å². The van der Waals surface area contributed by atoms with Crippen molar-refractivity contribution < 1.29 is 18.7 Å². The maximum atomic E-state index is 13.8. The number of carbonyl (C=O) groups is 2. The van der Waals surface area contributed by atoms with Crippen molar-refractivity contribution in [3.63, 3.8) is 0 Å². The number of imide groups is 1. The van der Waals surface area contributed by atoms with E-state index in [4.69, 9.17) is 4.74 Å². The molecule has 1 aliphatic rings. The van der Waals surface area contributed by atoms with Crippen molar-refractivity contribution in [1.82, 2.24) is 10.2 Å². The van der Waals surface area contributed by atoms with Crippen molar-refractivity contribution in [2.24, 2.45) is 5.92 Å². The van der Waals surface area contributed by atoms with Crippen molar-refractivity contribution in [3.05, 3.63) is 29.6 Å². The van der Waals surface area contributed by atoms with Crippen LogP contribution in [0.3, 0.4) is 0 Å². The minimum Gasteiger partial charge on any atom is -0.494 e. The molecule has 1 heterocycles. The van der Waals surface area contributed by atoms with E-state index >= 15 is 0 Å². The van der Waals surface area contributed by atoms with Gasteiger partial charge in [0.05, 0.1) is 13.7 Å². The Kier molecular flexibility index (Phi) is 4.92. The van der Waals surface area contributed by atoms with Gasteiger partial charge in [0, 0.05) is 0 Å². The summed E-state index contributed by atoms with van der Waals surface area (Å²) in [4.78, 5) is 25.9. The van der Waals surface area contributed by atoms with Crippen molar-refractivity contribution >= 4 is 11.9 Å². The molecule has 3 amide bonds. The fourth-order valence-electron chi connectivity index (χ4n) is 2.63. The van der Waals surface area contributed by atoms with Gasteiger partial charge in [-0.05, 0) is 43.4 Å². The largest absolute Gasteiger partial charge is 0.494 e. The molecule has 0 radical (unpaired) electrons. The Morgan fingerprint density at radius 2 is 2.04 bits per heavy atom. The fourth-order valence-corrected chi connectivity index (χ4v) is 2.63. The van der Waals surface area contributed by atoms with Crippen LogP contribution in [0.2, 0.25) is 0 Å². The maximum absolute atomic E-state index is 13.8. The van der Waals surface area contributed by atoms with Crippen LogP contribution < -0.4 is 10.1 Å². The van der Waals surface area contributed by atoms with E-state index in [0.29, 0.717) is 17.9 Å². The third-order valence-corrected chi connectivity index (χ3v) is 4.12. The van der Waals surface area contributed by atoms with Gasteiger partial charge >= 0.3 is 6.03 Å². The lowest BCUT2D eigenvalue weighted by Gasteiger charge is -2.22. The van der Waals surface area contributed by atoms with Crippen LogP contribution in [0.25, 0.3) is 0 Å². The van der Waals surface area contributed by atoms with Gasteiger partial charge in [0.1, 0.15) is 5.54 Å². The second kappa shape index (κ2) is 6.56. The Bertz CT molecular complexity index is 618. The number of benzene rings is 1. The van der Waals surface area contributed by atoms with E-state index in [1.807, 2.05) is 0 Å². The highest BCUT2D eigenvalue weighted by molar-refractivity contribution is 6.06. The fraction of sp³-hybridized carbons (Fsp3) is 0.529. The molecule has 1 fully saturated rings. The van der Waals surface area contributed by atoms with Crippen LogP contribution in [-0.2, 0) is 11.3 Å². The SMILES string of the molecule is COc1ccc(CN2C(=O)N[C@](C)(CCC(C)C)C2=O)cc1F. The van der Waals surface area contributed by atoms with Gasteiger partial charge in [-0.25, -0.2) is 9.18 Å². The number of hydrogen-bond acceptors (Lipinski definition) is 3. The van der Waals surface area contributed by atoms with Crippen LogP contribution in [0.5, 0.6) is 5.75 Å². The van der Waals surface area contributed by atoms with Crippen LogP contribution in [0.15, 0.2) is 18.2 Å². The topological polar surface area (TPSA) is 58.6 Å². The molecule has 1 N–H and O–H groups in total. The molecule has 1 aromatic rings. The first-order valence-corrected chi connectivity index (χ1v) is 7.73. The van der Waals surface area contributed by atoms with Gasteiger partial charge in [-0.15, -0.1) is 0 Å². The summed E-state index contributed by atoms with van der Waals surface area (Å²) in [5.41, 5.74) is -0.341. The van der Waals surface area contributed by atoms with E-state index in [-0.39, 0.29) is 18.2 Å². The number of carbonyl (C=O) groups excluding carboxylic acids is 2. The van der Waals surface area contributed by atoms with Gasteiger partial charge < -0.3 is 10.1 Å². The monoisotopic (exact) mass is 322 g/mol. The molecule has 23 heavy (non-hydrogen) atoms. The Labute approximate surface area is 135 Å². The molecule has 0 saturated carbocycles. The number of methoxy groups -OCH3 is 1. The molecule has 1 aliphatic heterocycles. The lowest BCUT2D eigenvalue weighted by Crippen LogP contribution is -2.44. The molecule has 1 aromatic carbocycles. The van der Waals surface area contributed by atoms with Crippen molar-refractivity contribution in [2.75, 3.05) is 7.11 Å². The summed E-state index contributed by atoms with van der Waals surface area (Å²) in [6, 6.07) is 3.98. The second-order valence-corrected chi connectivity index (χ2v) is 6.55. The highest BCUT2D eigenvalue weighted by atomic mass is 19.1. The minimum atomic E-state index is -0.883. The van der Waals surface area contributed by atoms with Gasteiger partial charge in [-0.1, -0.05) is 19.9 Å². The number of urea groups is 1. The molecule has 0 unspecified atom stereocenters. The summed E-state index contributed by atoms with van der Waals surface area (Å²) < 4.78 is 18.6. The van der Waals surface area contributed by atoms with Crippen molar-refractivity contribution in [2.45, 2.75) is 45.7 Å². The summed E-state index contributed by atoms with van der Waals surface area (Å²) in [7, 11) is 1.38. The first-order valence-electron chi connectivity index (χ1n) is 7.73. The molecule has 126 valence electrons. The number of rotatable bonds is 6. The number of ether oxygens (including phenoxy) is 1. The van der Waals surface area contributed by atoms with E-state index < -0.39 is 17.4 Å². The summed E-state index contributed by atoms with van der Waals surface area (Å²) in [5.74, 6) is -0.201. The highest BCUT2D eigenvalue weighted by Gasteiger charge is 2.47. The zero-order valence-electron chi connectivity index (χ0n) is 14.0. The van der Waals surface area contributed by atoms with E-state index in [2.05, 4.69) is 19.2 Å². The summed E-state index contributed by atoms with van der Waals surface area (Å²) in [5, 5.41) is 2.76. The number of hydrogen-bond donors (Lipinski definition) is 1. The van der Waals surface area contributed by atoms with Crippen molar-refractivity contribution in [1.29, 1.82) is 0 Å². The first-order chi connectivity index (χ1) is 10.8. The first kappa shape index (κ1) is 17.2. The molecule has 1 saturated heterocycles. The molecule has 6 heteroatoms. The molecule has 2 rings (SSSR count). The van der Waals surface area contributed by atoms with Crippen LogP contribution in [0.4, 0.5) is 9.18 Å². The Morgan fingerprint density at radius 1 is 1.35 bits per heavy atom. The molecule has 0 aliphatic carbocycles. The smallest absolute Gasteiger partial charge is 0.325 e. The number of halogens is 1. The standard InChI is InChI=1S/C17H23FN2O3/c1-11(2)7-8-17(3)15(21)20(16(22)19-17)10-12-5-6-14(23-4)13(18)9-12/h5-6,9,11H,7-8,10H2,1-4H3,(H,19,22)/t17-/m1/s1. The molecular formula is C17H23FN2O3. The second-order valence-electron chi connectivity index (χ2n) is 6.55. The zero-order chi connectivity index (χ0) is 17.2. The summed E-state index contributed by atoms with van der Waals surface area (Å²) >= 11 is 0. The van der Waals surface area contributed by atoms with E-state index in [1.54, 1.807) is 13.0 Å². The minimum absolute atomic E-state index is 0.0445. The number of nitrogens with zero attached hydrogens (tertiary/aromatic N) is 1. The highest BCUT2D eigenvalue weighted by Crippen LogP contribution is 2.27. The van der Waals surface area contributed by atoms with Gasteiger partial charge in [-0.2, -0.15) is 0 Å². The zero-order valence-corrected chi connectivity index (χ0v) is 14.0. The van der Waals surface area contributed by atoms with Gasteiger partial charge in [0.2, 0.25) is 0 Å². The summed E-state index contributed by atoms with van der Waals surface area (Å²) in [6.45, 7) is 5.93. The molecule has 0 aromatic heterocycles. The maximum Gasteiger partial charge on any atom is 0.325 e. The van der Waals surface area contributed by atoms with Crippen LogP contribution in [-0.4, -0.2) is 29.5 Å². The number of amides is 3. The predicted molar refractivity (Wildman–Crippen MR) is 84.5 cm³/mol. The molecule has 5 nitrogen and oxygen atoms in total. The molecular weight excluding hydrogens is 299 g/mol. The quantitative estimate of drug-likeness (QED) is 0.819. The lowest BCUT2D eigenvalue weighted by atomic mass is 9.92. The lowest BCUT2D eigenvalue weighted by molar-refractivity contribution is -0.131. The number of nitrogens with one attached hydrogen (secondary N) is 1. The van der Waals surface area contributed by atoms with Crippen LogP contribution in [0.1, 0.15) is 39.2 Å². The van der Waals surface area contributed by atoms with Gasteiger partial charge in [0.25, 0.3) is 5.91 Å². The van der Waals surface area contributed by atoms with E-state index in [0.717, 1.165) is 11.3 Å². The molecule has 1 atom stereocenters. The third kappa shape index (κ3) is 3.63. The molecule has 0 spiro atoms. The van der Waals surface area contributed by atoms with E-state index in [9.17, 15) is 14.0 Å². The van der Waals surface area contributed by atoms with E-state index in [1.165, 1.54) is 19.2 Å². The Morgan fingerprint density at radius 3 is 2.61 bits per heavy atom. The average Bonchev–Trinajstić information content (AvgIpc) is 2.69. The Hall–Kier alpha value is -2.11. The predicted octanol–water partition coefficient (Wildman–Crippen LogP) is 3.08. The normalized spacial score (nSPS) is 21.0. The Balaban J connectivity index is 2.13. The van der Waals surface area contributed by atoms with Crippen LogP contribution in [0, 0.1) is 11.7 Å². The average molecular weight is 322 g/mol. The van der Waals surface area contributed by atoms with Crippen LogP contribution >= 0.6 is 0 Å².